The summed E-state index contributed by atoms with van der Waals surface area (Å²) in [5, 5.41) is 12.6. The molecule has 0 radical (unpaired) electrons. The third-order valence-corrected chi connectivity index (χ3v) is 13.9. The van der Waals surface area contributed by atoms with E-state index in [9.17, 15) is 44.2 Å². The maximum absolute atomic E-state index is 12.7. The average molecular weight is 940 g/mol. The Balaban J connectivity index is 0.00000374. The molecule has 0 bridgehead atoms. The number of benzene rings is 2. The first-order chi connectivity index (χ1) is 25.0. The number of nitrogens with zero attached hydrogens (tertiary/aromatic N) is 2. The summed E-state index contributed by atoms with van der Waals surface area (Å²) in [6, 6.07) is 9.43. The molecule has 0 amide bonds. The third kappa shape index (κ3) is 12.4. The zero-order chi connectivity index (χ0) is 39.9. The first-order valence-electron chi connectivity index (χ1n) is 17.1. The van der Waals surface area contributed by atoms with Crippen molar-refractivity contribution in [2.24, 2.45) is 0 Å². The number of hydrogen-bond acceptors (Lipinski definition) is 13. The fourth-order valence-corrected chi connectivity index (χ4v) is 10.8. The maximum Gasteiger partial charge on any atom is 1.00 e. The van der Waals surface area contributed by atoms with E-state index in [1.54, 1.807) is 18.2 Å². The second kappa shape index (κ2) is 21.7. The molecule has 294 valence electrons. The Morgan fingerprint density at radius 2 is 1.61 bits per heavy atom. The van der Waals surface area contributed by atoms with E-state index in [-0.39, 0.29) is 171 Å². The van der Waals surface area contributed by atoms with Gasteiger partial charge in [-0.05, 0) is 71.4 Å². The van der Waals surface area contributed by atoms with E-state index in [1.807, 2.05) is 71.1 Å². The summed E-state index contributed by atoms with van der Waals surface area (Å²) in [6.07, 6.45) is 12.2. The van der Waals surface area contributed by atoms with Crippen LogP contribution < -0.4 is 164 Å². The van der Waals surface area contributed by atoms with Crippen LogP contribution in [0.15, 0.2) is 93.9 Å². The minimum absolute atomic E-state index is 0. The minimum atomic E-state index is -4.80. The van der Waals surface area contributed by atoms with Crippen LogP contribution in [0.1, 0.15) is 71.4 Å². The van der Waals surface area contributed by atoms with Gasteiger partial charge in [0, 0.05) is 59.2 Å². The molecule has 3 heterocycles. The molecule has 0 N–H and O–H groups in total. The van der Waals surface area contributed by atoms with Crippen LogP contribution in [-0.4, -0.2) is 73.4 Å². The Labute approximate surface area is 467 Å². The van der Waals surface area contributed by atoms with Crippen LogP contribution >= 0.6 is 12.0 Å². The zero-order valence-electron chi connectivity index (χ0n) is 33.4. The first kappa shape index (κ1) is 55.0. The van der Waals surface area contributed by atoms with Crippen molar-refractivity contribution in [2.45, 2.75) is 86.3 Å². The predicted octanol–water partition coefficient (Wildman–Crippen LogP) is -4.56. The fraction of sp³-hybridized carbons (Fsp3) is 0.417. The molecule has 2 atom stereocenters. The van der Waals surface area contributed by atoms with Crippen LogP contribution in [0.4, 0.5) is 11.4 Å². The molecule has 2 aromatic carbocycles. The summed E-state index contributed by atoms with van der Waals surface area (Å²) in [5.74, 6) is -0.464. The molecular weight excluding hydrogens is 898 g/mol. The van der Waals surface area contributed by atoms with Gasteiger partial charge in [0.05, 0.1) is 44.4 Å². The first-order valence-corrected chi connectivity index (χ1v) is 22.3. The van der Waals surface area contributed by atoms with Gasteiger partial charge in [-0.15, -0.1) is 0 Å². The SMILES string of the molecule is CC(/C=C/C=C1\C(C)(C)c2cc(S(=O)(=O)[O-])ccc2[N+]12CCCC2S(=O)(=O)[O-])=C\C=C\C1=[N+](CCCCS(=O)(=O)[O-])c2ccc(SOO[O-])cc2C1(C)C.[K+].[K+].[K+]. The Morgan fingerprint density at radius 3 is 2.23 bits per heavy atom. The number of hydrogen-bond donors (Lipinski definition) is 0. The summed E-state index contributed by atoms with van der Waals surface area (Å²) in [5.41, 5.74) is 3.60. The monoisotopic (exact) mass is 939 g/mol. The molecule has 2 aromatic rings. The quantitative estimate of drug-likeness (QED) is 0.0201. The molecule has 3 aliphatic heterocycles. The summed E-state index contributed by atoms with van der Waals surface area (Å²) in [6.45, 7) is 10.3. The van der Waals surface area contributed by atoms with Crippen LogP contribution in [0.2, 0.25) is 0 Å². The van der Waals surface area contributed by atoms with Crippen molar-refractivity contribution < 1.29 is 212 Å². The van der Waals surface area contributed by atoms with E-state index in [1.165, 1.54) is 18.2 Å². The maximum atomic E-state index is 12.7. The normalized spacial score (nSPS) is 22.2. The van der Waals surface area contributed by atoms with Crippen molar-refractivity contribution in [3.8, 4) is 0 Å². The van der Waals surface area contributed by atoms with E-state index >= 15 is 0 Å². The topological polar surface area (TPSA) is 216 Å². The van der Waals surface area contributed by atoms with Crippen LogP contribution in [-0.2, 0) is 50.6 Å². The molecule has 21 heteroatoms. The van der Waals surface area contributed by atoms with Crippen LogP contribution in [0.3, 0.4) is 0 Å². The van der Waals surface area contributed by atoms with Gasteiger partial charge < -0.3 is 18.9 Å². The second-order valence-electron chi connectivity index (χ2n) is 14.7. The number of rotatable bonds is 14. The molecule has 3 aliphatic rings. The molecule has 1 spiro atoms. The van der Waals surface area contributed by atoms with Crippen LogP contribution in [0.25, 0.3) is 0 Å². The fourth-order valence-electron chi connectivity index (χ4n) is 8.11. The number of allylic oxidation sites excluding steroid dienone is 8. The summed E-state index contributed by atoms with van der Waals surface area (Å²) >= 11 is 0.770. The molecule has 2 unspecified atom stereocenters. The van der Waals surface area contributed by atoms with Gasteiger partial charge in [0.1, 0.15) is 28.0 Å². The minimum Gasteiger partial charge on any atom is -0.748 e. The van der Waals surface area contributed by atoms with Crippen molar-refractivity contribution in [2.75, 3.05) is 18.8 Å². The largest absolute Gasteiger partial charge is 1.00 e. The number of unbranched alkanes of at least 4 members (excludes halogenated alkanes) is 1. The molecule has 57 heavy (non-hydrogen) atoms. The molecule has 0 aliphatic carbocycles. The van der Waals surface area contributed by atoms with Gasteiger partial charge in [-0.25, -0.2) is 29.7 Å². The second-order valence-corrected chi connectivity index (χ2v) is 19.9. The predicted molar refractivity (Wildman–Crippen MR) is 198 cm³/mol. The van der Waals surface area contributed by atoms with Gasteiger partial charge in [-0.3, -0.25) is 5.04 Å². The van der Waals surface area contributed by atoms with Crippen LogP contribution in [0, 0.1) is 0 Å². The van der Waals surface area contributed by atoms with E-state index in [0.717, 1.165) is 34.6 Å². The van der Waals surface area contributed by atoms with E-state index in [4.69, 9.17) is 0 Å². The summed E-state index contributed by atoms with van der Waals surface area (Å²) < 4.78 is 114. The third-order valence-electron chi connectivity index (χ3n) is 10.5. The summed E-state index contributed by atoms with van der Waals surface area (Å²) in [7, 11) is -13.9. The molecule has 5 rings (SSSR count). The Kier molecular flexibility index (Phi) is 21.0. The smallest absolute Gasteiger partial charge is 0.748 e. The standard InChI is InChI=1S/C36H44N2O12S4.3K/c1-25(11-8-13-32-35(2,3)28-23-26(51-50-49-39)16-18-30(28)37(32)20-6-7-22-52(40,41)42)12-9-14-33-36(4,5)29-24-27(53(43,44)45)17-19-31(29)38(33)21-10-15-34(38)54(46,47)48;;;/h8-9,11-14,16-19,23-24,34H,6-7,10,15,20-22H2,1-5H3,(H2-2,39,40,41,42,43,44,45,46,47,48);;;/q;3*+1/p-2/b12-9+,13-8+,25-11+,33-14+;;;. The number of fused-ring (bicyclic) bond motifs is 3. The van der Waals surface area contributed by atoms with Crippen molar-refractivity contribution >= 4 is 59.5 Å². The van der Waals surface area contributed by atoms with Crippen molar-refractivity contribution in [3.63, 3.8) is 0 Å². The average Bonchev–Trinajstić information content (AvgIpc) is 3.66. The van der Waals surface area contributed by atoms with Crippen molar-refractivity contribution in [1.82, 2.24) is 4.48 Å². The van der Waals surface area contributed by atoms with Gasteiger partial charge >= 0.3 is 154 Å². The van der Waals surface area contributed by atoms with E-state index in [0.29, 0.717) is 47.8 Å². The number of quaternary nitrogens is 1. The Hall–Kier alpha value is 1.90. The van der Waals surface area contributed by atoms with Gasteiger partial charge in [-0.1, -0.05) is 29.9 Å². The summed E-state index contributed by atoms with van der Waals surface area (Å²) in [4.78, 5) is 0.204. The van der Waals surface area contributed by atoms with E-state index < -0.39 is 57.2 Å². The molecular formula is C36H42K3N2O12S4+. The van der Waals surface area contributed by atoms with Crippen molar-refractivity contribution in [1.29, 1.82) is 0 Å². The van der Waals surface area contributed by atoms with Crippen LogP contribution in [0.5, 0.6) is 0 Å². The van der Waals surface area contributed by atoms with Gasteiger partial charge in [-0.2, -0.15) is 8.91 Å². The molecule has 1 saturated heterocycles. The van der Waals surface area contributed by atoms with Gasteiger partial charge in [0.15, 0.2) is 21.2 Å². The Morgan fingerprint density at radius 1 is 0.930 bits per heavy atom. The van der Waals surface area contributed by atoms with Gasteiger partial charge in [0.25, 0.3) is 0 Å². The molecule has 0 saturated carbocycles. The van der Waals surface area contributed by atoms with E-state index in [2.05, 4.69) is 13.9 Å². The Bertz CT molecular complexity index is 2330. The van der Waals surface area contributed by atoms with Crippen molar-refractivity contribution in [3.05, 3.63) is 95.3 Å². The molecule has 14 nitrogen and oxygen atoms in total. The molecule has 0 aromatic heterocycles. The van der Waals surface area contributed by atoms with Gasteiger partial charge in [0.2, 0.25) is 5.69 Å². The molecule has 1 fully saturated rings. The zero-order valence-corrected chi connectivity index (χ0v) is 46.0.